The Morgan fingerprint density at radius 3 is 2.27 bits per heavy atom. The fourth-order valence-electron chi connectivity index (χ4n) is 6.69. The van der Waals surface area contributed by atoms with Crippen molar-refractivity contribution in [2.75, 3.05) is 27.7 Å². The van der Waals surface area contributed by atoms with E-state index in [1.807, 2.05) is 24.3 Å². The highest BCUT2D eigenvalue weighted by Gasteiger charge is 2.38. The third-order valence-electron chi connectivity index (χ3n) is 8.69. The summed E-state index contributed by atoms with van der Waals surface area (Å²) in [7, 11) is 2.01. The maximum Gasteiger partial charge on any atom is 0.243 e. The lowest BCUT2D eigenvalue weighted by Gasteiger charge is -2.38. The van der Waals surface area contributed by atoms with Crippen LogP contribution in [0.1, 0.15) is 60.9 Å². The average Bonchev–Trinajstić information content (AvgIpc) is 2.98. The largest absolute Gasteiger partial charge is 0.497 e. The van der Waals surface area contributed by atoms with Crippen molar-refractivity contribution in [1.82, 2.24) is 14.5 Å². The highest BCUT2D eigenvalue weighted by molar-refractivity contribution is 7.89. The van der Waals surface area contributed by atoms with Crippen molar-refractivity contribution in [3.8, 4) is 5.75 Å². The standard InChI is InChI=1S/C33H41N3O4S/c1-35(2)33(25-10-5-4-6-11-25)26-13-15-27(16-14-26)34-32(37)23-31-30-12-8-7-9-24(30)21-22-36(31)41(38,39)29-19-17-28(40-3)18-20-29/h4-12,17-20,26-27,31,33H,13-16,21-23H2,1-3H3,(H,34,37). The van der Waals surface area contributed by atoms with E-state index in [0.717, 1.165) is 36.8 Å². The molecule has 3 aromatic carbocycles. The third-order valence-corrected chi connectivity index (χ3v) is 10.6. The Bertz CT molecular complexity index is 1420. The topological polar surface area (TPSA) is 79.0 Å². The first-order valence-electron chi connectivity index (χ1n) is 14.5. The molecule has 0 saturated heterocycles. The lowest BCUT2D eigenvalue weighted by atomic mass is 9.78. The number of benzene rings is 3. The van der Waals surface area contributed by atoms with Crippen molar-refractivity contribution >= 4 is 15.9 Å². The molecular formula is C33H41N3O4S. The first-order valence-corrected chi connectivity index (χ1v) is 16.0. The Labute approximate surface area is 244 Å². The molecular weight excluding hydrogens is 534 g/mol. The van der Waals surface area contributed by atoms with Gasteiger partial charge in [-0.05, 0) is 93.1 Å². The Kier molecular flexibility index (Phi) is 9.12. The zero-order valence-corrected chi connectivity index (χ0v) is 25.0. The molecule has 5 rings (SSSR count). The minimum Gasteiger partial charge on any atom is -0.497 e. The fraction of sp³-hybridized carbons (Fsp3) is 0.424. The smallest absolute Gasteiger partial charge is 0.243 e. The van der Waals surface area contributed by atoms with Crippen LogP contribution in [-0.4, -0.2) is 57.3 Å². The Morgan fingerprint density at radius 1 is 0.951 bits per heavy atom. The quantitative estimate of drug-likeness (QED) is 0.372. The van der Waals surface area contributed by atoms with Gasteiger partial charge in [0.05, 0.1) is 18.0 Å². The second-order valence-electron chi connectivity index (χ2n) is 11.5. The van der Waals surface area contributed by atoms with Crippen LogP contribution in [0.3, 0.4) is 0 Å². The third kappa shape index (κ3) is 6.50. The zero-order chi connectivity index (χ0) is 29.0. The number of nitrogens with zero attached hydrogens (tertiary/aromatic N) is 2. The second-order valence-corrected chi connectivity index (χ2v) is 13.3. The zero-order valence-electron chi connectivity index (χ0n) is 24.2. The van der Waals surface area contributed by atoms with Crippen LogP contribution < -0.4 is 10.1 Å². The predicted octanol–water partition coefficient (Wildman–Crippen LogP) is 5.35. The van der Waals surface area contributed by atoms with Crippen LogP contribution in [-0.2, 0) is 21.2 Å². The van der Waals surface area contributed by atoms with Gasteiger partial charge >= 0.3 is 0 Å². The SMILES string of the molecule is COc1ccc(S(=O)(=O)N2CCc3ccccc3C2CC(=O)NC2CCC(C(c3ccccc3)N(C)C)CC2)cc1. The van der Waals surface area contributed by atoms with Crippen molar-refractivity contribution in [3.63, 3.8) is 0 Å². The molecule has 1 fully saturated rings. The number of fused-ring (bicyclic) bond motifs is 1. The van der Waals surface area contributed by atoms with Gasteiger partial charge in [0.1, 0.15) is 5.75 Å². The Hall–Kier alpha value is -3.20. The molecule has 2 atom stereocenters. The summed E-state index contributed by atoms with van der Waals surface area (Å²) in [6.07, 6.45) is 4.62. The minimum absolute atomic E-state index is 0.0939. The number of hydrogen-bond donors (Lipinski definition) is 1. The van der Waals surface area contributed by atoms with E-state index in [-0.39, 0.29) is 23.3 Å². The molecule has 0 radical (unpaired) electrons. The number of nitrogens with one attached hydrogen (secondary N) is 1. The fourth-order valence-corrected chi connectivity index (χ4v) is 8.30. The summed E-state index contributed by atoms with van der Waals surface area (Å²) in [4.78, 5) is 16.0. The lowest BCUT2D eigenvalue weighted by molar-refractivity contribution is -0.123. The molecule has 218 valence electrons. The van der Waals surface area contributed by atoms with E-state index >= 15 is 0 Å². The van der Waals surface area contributed by atoms with Gasteiger partial charge < -0.3 is 15.0 Å². The molecule has 1 aliphatic carbocycles. The molecule has 1 N–H and O–H groups in total. The van der Waals surface area contributed by atoms with Crippen molar-refractivity contribution in [1.29, 1.82) is 0 Å². The van der Waals surface area contributed by atoms with E-state index in [4.69, 9.17) is 4.74 Å². The van der Waals surface area contributed by atoms with E-state index in [9.17, 15) is 13.2 Å². The van der Waals surface area contributed by atoms with Gasteiger partial charge in [-0.15, -0.1) is 0 Å². The summed E-state index contributed by atoms with van der Waals surface area (Å²) in [6, 6.07) is 24.9. The van der Waals surface area contributed by atoms with Gasteiger partial charge in [-0.2, -0.15) is 4.31 Å². The van der Waals surface area contributed by atoms with E-state index < -0.39 is 16.1 Å². The molecule has 8 heteroatoms. The van der Waals surface area contributed by atoms with Crippen molar-refractivity contribution in [2.45, 2.75) is 61.5 Å². The normalized spacial score (nSPS) is 22.1. The molecule has 1 aliphatic heterocycles. The Morgan fingerprint density at radius 2 is 1.61 bits per heavy atom. The summed E-state index contributed by atoms with van der Waals surface area (Å²) >= 11 is 0. The van der Waals surface area contributed by atoms with Crippen LogP contribution >= 0.6 is 0 Å². The molecule has 41 heavy (non-hydrogen) atoms. The Balaban J connectivity index is 1.28. The molecule has 3 aromatic rings. The number of hydrogen-bond acceptors (Lipinski definition) is 5. The molecule has 1 saturated carbocycles. The molecule has 1 amide bonds. The van der Waals surface area contributed by atoms with Crippen LogP contribution in [0, 0.1) is 5.92 Å². The number of rotatable bonds is 9. The predicted molar refractivity (Wildman–Crippen MR) is 161 cm³/mol. The van der Waals surface area contributed by atoms with E-state index in [0.29, 0.717) is 30.7 Å². The summed E-state index contributed by atoms with van der Waals surface area (Å²) < 4.78 is 34.3. The van der Waals surface area contributed by atoms with E-state index in [1.165, 1.54) is 9.87 Å². The lowest BCUT2D eigenvalue weighted by Crippen LogP contribution is -2.44. The van der Waals surface area contributed by atoms with Crippen LogP contribution in [0.2, 0.25) is 0 Å². The molecule has 0 spiro atoms. The first kappa shape index (κ1) is 29.3. The van der Waals surface area contributed by atoms with Crippen molar-refractivity contribution in [2.24, 2.45) is 5.92 Å². The van der Waals surface area contributed by atoms with Gasteiger partial charge in [0.15, 0.2) is 0 Å². The van der Waals surface area contributed by atoms with Gasteiger partial charge in [-0.25, -0.2) is 8.42 Å². The van der Waals surface area contributed by atoms with Crippen LogP contribution in [0.5, 0.6) is 5.75 Å². The number of carbonyl (C=O) groups excluding carboxylic acids is 1. The van der Waals surface area contributed by atoms with Gasteiger partial charge in [-0.3, -0.25) is 4.79 Å². The van der Waals surface area contributed by atoms with Gasteiger partial charge in [0, 0.05) is 25.0 Å². The summed E-state index contributed by atoms with van der Waals surface area (Å²) in [5.74, 6) is 1.02. The van der Waals surface area contributed by atoms with Crippen molar-refractivity contribution < 1.29 is 17.9 Å². The number of sulfonamides is 1. The number of carbonyl (C=O) groups is 1. The van der Waals surface area contributed by atoms with E-state index in [2.05, 4.69) is 54.6 Å². The van der Waals surface area contributed by atoms with Gasteiger partial charge in [-0.1, -0.05) is 54.6 Å². The molecule has 2 unspecified atom stereocenters. The minimum atomic E-state index is -3.82. The highest BCUT2D eigenvalue weighted by atomic mass is 32.2. The van der Waals surface area contributed by atoms with Crippen LogP contribution in [0.4, 0.5) is 0 Å². The number of ether oxygens (including phenoxy) is 1. The van der Waals surface area contributed by atoms with Gasteiger partial charge in [0.25, 0.3) is 0 Å². The maximum atomic E-state index is 13.8. The molecule has 0 bridgehead atoms. The monoisotopic (exact) mass is 575 g/mol. The first-order chi connectivity index (χ1) is 19.8. The summed E-state index contributed by atoms with van der Waals surface area (Å²) in [6.45, 7) is 0.333. The van der Waals surface area contributed by atoms with Gasteiger partial charge in [0.2, 0.25) is 15.9 Å². The average molecular weight is 576 g/mol. The maximum absolute atomic E-state index is 13.8. The molecule has 1 heterocycles. The molecule has 7 nitrogen and oxygen atoms in total. The summed E-state index contributed by atoms with van der Waals surface area (Å²) in [5.41, 5.74) is 3.34. The van der Waals surface area contributed by atoms with E-state index in [1.54, 1.807) is 31.4 Å². The molecule has 2 aliphatic rings. The molecule has 0 aromatic heterocycles. The summed E-state index contributed by atoms with van der Waals surface area (Å²) in [5, 5.41) is 3.26. The van der Waals surface area contributed by atoms with Crippen molar-refractivity contribution in [3.05, 3.63) is 95.6 Å². The number of methoxy groups -OCH3 is 1. The van der Waals surface area contributed by atoms with Crippen LogP contribution in [0.25, 0.3) is 0 Å². The number of amides is 1. The van der Waals surface area contributed by atoms with Crippen LogP contribution in [0.15, 0.2) is 83.8 Å². The second kappa shape index (κ2) is 12.8. The highest BCUT2D eigenvalue weighted by Crippen LogP contribution is 2.39.